The van der Waals surface area contributed by atoms with E-state index in [4.69, 9.17) is 37.4 Å². The number of methoxy groups -OCH3 is 2. The topological polar surface area (TPSA) is 126 Å². The predicted molar refractivity (Wildman–Crippen MR) is 190 cm³/mol. The fourth-order valence-corrected chi connectivity index (χ4v) is 9.84. The number of benzene rings is 3. The predicted octanol–water partition coefficient (Wildman–Crippen LogP) is 5.71. The van der Waals surface area contributed by atoms with Gasteiger partial charge in [-0.05, 0) is 60.7 Å². The molecule has 1 N–H and O–H groups in total. The van der Waals surface area contributed by atoms with Crippen LogP contribution >= 0.6 is 23.2 Å². The van der Waals surface area contributed by atoms with Crippen molar-refractivity contribution >= 4 is 63.9 Å². The van der Waals surface area contributed by atoms with Crippen LogP contribution in [-0.4, -0.2) is 79.0 Å². The van der Waals surface area contributed by atoms with E-state index in [9.17, 15) is 37.5 Å². The number of phenols is 1. The molecule has 3 heterocycles. The maximum Gasteiger partial charge on any atom is 0.258 e. The summed E-state index contributed by atoms with van der Waals surface area (Å²) in [5.41, 5.74) is -0.556. The molecule has 0 bridgehead atoms. The van der Waals surface area contributed by atoms with Gasteiger partial charge >= 0.3 is 0 Å². The third-order valence-electron chi connectivity index (χ3n) is 11.5. The summed E-state index contributed by atoms with van der Waals surface area (Å²) >= 11 is 14.4. The summed E-state index contributed by atoms with van der Waals surface area (Å²) in [5.74, 6) is -22.7. The number of hydrogen-bond donors (Lipinski definition) is 1. The zero-order valence-electron chi connectivity index (χ0n) is 29.4. The number of aromatic hydroxyl groups is 1. The Labute approximate surface area is 325 Å². The number of carbonyl (C=O) groups excluding carboxylic acids is 4. The molecule has 6 atom stereocenters. The first-order valence-corrected chi connectivity index (χ1v) is 18.1. The number of anilines is 3. The third-order valence-corrected chi connectivity index (χ3v) is 13.0. The number of hydrogen-bond acceptors (Lipinski definition) is 9. The van der Waals surface area contributed by atoms with E-state index in [1.165, 1.54) is 26.4 Å². The maximum atomic E-state index is 15.4. The number of fused-ring (bicyclic) bond motifs is 4. The number of morpholine rings is 1. The summed E-state index contributed by atoms with van der Waals surface area (Å²) in [6.45, 7) is 2.36. The molecule has 294 valence electrons. The van der Waals surface area contributed by atoms with E-state index in [2.05, 4.69) is 4.90 Å². The molecule has 56 heavy (non-hydrogen) atoms. The number of rotatable bonds is 6. The lowest BCUT2D eigenvalue weighted by atomic mass is 9.56. The number of carbonyl (C=O) groups is 4. The van der Waals surface area contributed by atoms with Crippen LogP contribution in [0.3, 0.4) is 0 Å². The molecular weight excluding hydrogens is 792 g/mol. The van der Waals surface area contributed by atoms with Crippen molar-refractivity contribution in [3.05, 3.63) is 82.7 Å². The zero-order valence-corrected chi connectivity index (χ0v) is 30.9. The van der Waals surface area contributed by atoms with E-state index in [-0.39, 0.29) is 39.6 Å². The highest BCUT2D eigenvalue weighted by atomic mass is 35.5. The third kappa shape index (κ3) is 5.03. The lowest BCUT2D eigenvalue weighted by Crippen LogP contribution is -2.60. The van der Waals surface area contributed by atoms with Gasteiger partial charge in [0.05, 0.1) is 45.0 Å². The maximum absolute atomic E-state index is 15.4. The molecule has 0 unspecified atom stereocenters. The fraction of sp³-hybridized carbons (Fsp3) is 0.368. The van der Waals surface area contributed by atoms with Crippen LogP contribution in [-0.2, 0) is 23.9 Å². The summed E-state index contributed by atoms with van der Waals surface area (Å²) in [7, 11) is 2.41. The van der Waals surface area contributed by atoms with Crippen molar-refractivity contribution in [2.45, 2.75) is 28.5 Å². The fourth-order valence-electron chi connectivity index (χ4n) is 8.91. The smallest absolute Gasteiger partial charge is 0.258 e. The van der Waals surface area contributed by atoms with Gasteiger partial charge < -0.3 is 24.2 Å². The van der Waals surface area contributed by atoms with Gasteiger partial charge in [0, 0.05) is 24.7 Å². The summed E-state index contributed by atoms with van der Waals surface area (Å²) in [6, 6.07) is 9.25. The highest BCUT2D eigenvalue weighted by Crippen LogP contribution is 2.66. The van der Waals surface area contributed by atoms with Crippen molar-refractivity contribution in [1.29, 1.82) is 0 Å². The van der Waals surface area contributed by atoms with Gasteiger partial charge in [0.2, 0.25) is 23.4 Å². The standard InChI is InChI=1S/C38H30Cl2F5N3O8/c1-54-22-13-16(14-23(55-2)32(22)49)25-19-7-8-20-24(34(51)47(33(20)50)18-5-3-17(4-6-18)46-9-11-56-12-10-46)21(19)15-37(39)35(52)48(36(53)38(25,37)40)31-29(44)27(42)26(41)28(43)30(31)45/h3-7,13-14,20-21,24-25,49H,8-12,15H2,1-2H3/t20-,21+,24-,25-,37+,38-/m0/s1. The monoisotopic (exact) mass is 821 g/mol. The molecule has 0 aromatic heterocycles. The Bertz CT molecular complexity index is 2220. The summed E-state index contributed by atoms with van der Waals surface area (Å²) in [5, 5.41) is 10.7. The summed E-state index contributed by atoms with van der Waals surface area (Å²) < 4.78 is 90.1. The quantitative estimate of drug-likeness (QED) is 0.0832. The molecule has 3 aromatic rings. The molecule has 4 amide bonds. The van der Waals surface area contributed by atoms with Crippen LogP contribution in [0.15, 0.2) is 48.0 Å². The minimum absolute atomic E-state index is 0.00124. The summed E-state index contributed by atoms with van der Waals surface area (Å²) in [6.07, 6.45) is 0.836. The average Bonchev–Trinajstić information content (AvgIpc) is 3.54. The van der Waals surface area contributed by atoms with E-state index in [1.807, 2.05) is 0 Å². The van der Waals surface area contributed by atoms with E-state index < -0.39 is 104 Å². The van der Waals surface area contributed by atoms with Crippen molar-refractivity contribution in [2.24, 2.45) is 17.8 Å². The summed E-state index contributed by atoms with van der Waals surface area (Å²) in [4.78, 5) is 55.0. The number of allylic oxidation sites excluding steroid dienone is 2. The Morgan fingerprint density at radius 1 is 0.768 bits per heavy atom. The minimum Gasteiger partial charge on any atom is -0.502 e. The second-order valence-electron chi connectivity index (χ2n) is 14.1. The first-order chi connectivity index (χ1) is 26.6. The Hall–Kier alpha value is -4.93. The average molecular weight is 823 g/mol. The number of alkyl halides is 2. The Morgan fingerprint density at radius 3 is 1.89 bits per heavy atom. The van der Waals surface area contributed by atoms with Crippen molar-refractivity contribution < 1.29 is 60.4 Å². The molecular formula is C38H30Cl2F5N3O8. The highest BCUT2D eigenvalue weighted by molar-refractivity contribution is 6.58. The second-order valence-corrected chi connectivity index (χ2v) is 15.3. The van der Waals surface area contributed by atoms with Crippen LogP contribution < -0.4 is 24.2 Å². The molecule has 11 nitrogen and oxygen atoms in total. The molecule has 0 spiro atoms. The van der Waals surface area contributed by atoms with Gasteiger partial charge in [0.1, 0.15) is 5.69 Å². The van der Waals surface area contributed by atoms with E-state index >= 15 is 8.78 Å². The molecule has 3 saturated heterocycles. The lowest BCUT2D eigenvalue weighted by molar-refractivity contribution is -0.125. The van der Waals surface area contributed by atoms with E-state index in [1.54, 1.807) is 30.3 Å². The van der Waals surface area contributed by atoms with Gasteiger partial charge in [-0.3, -0.25) is 24.1 Å². The van der Waals surface area contributed by atoms with Gasteiger partial charge in [0.25, 0.3) is 11.8 Å². The molecule has 8 rings (SSSR count). The Kier molecular flexibility index (Phi) is 9.04. The lowest BCUT2D eigenvalue weighted by Gasteiger charge is -2.50. The van der Waals surface area contributed by atoms with Gasteiger partial charge in [-0.2, -0.15) is 0 Å². The van der Waals surface area contributed by atoms with Crippen LogP contribution in [0.2, 0.25) is 0 Å². The van der Waals surface area contributed by atoms with Crippen molar-refractivity contribution in [3.63, 3.8) is 0 Å². The van der Waals surface area contributed by atoms with E-state index in [0.717, 1.165) is 10.6 Å². The molecule has 5 aliphatic rings. The van der Waals surface area contributed by atoms with Gasteiger partial charge in [-0.15, -0.1) is 23.2 Å². The number of nitrogens with zero attached hydrogens (tertiary/aromatic N) is 3. The molecule has 3 aliphatic heterocycles. The van der Waals surface area contributed by atoms with Gasteiger partial charge in [-0.1, -0.05) is 11.6 Å². The van der Waals surface area contributed by atoms with Crippen LogP contribution in [0.25, 0.3) is 0 Å². The van der Waals surface area contributed by atoms with Gasteiger partial charge in [0.15, 0.2) is 44.5 Å². The van der Waals surface area contributed by atoms with Crippen LogP contribution in [0.1, 0.15) is 24.3 Å². The zero-order chi connectivity index (χ0) is 40.2. The second kappa shape index (κ2) is 13.3. The number of amides is 4. The largest absolute Gasteiger partial charge is 0.502 e. The van der Waals surface area contributed by atoms with Crippen molar-refractivity contribution in [1.82, 2.24) is 0 Å². The Morgan fingerprint density at radius 2 is 1.32 bits per heavy atom. The van der Waals surface area contributed by atoms with Crippen LogP contribution in [0.4, 0.5) is 39.0 Å². The molecule has 1 saturated carbocycles. The number of halogens is 7. The first-order valence-electron chi connectivity index (χ1n) is 17.4. The molecule has 3 aromatic carbocycles. The van der Waals surface area contributed by atoms with Gasteiger partial charge in [-0.25, -0.2) is 26.9 Å². The van der Waals surface area contributed by atoms with Crippen LogP contribution in [0, 0.1) is 46.8 Å². The Balaban J connectivity index is 1.27. The van der Waals surface area contributed by atoms with Crippen LogP contribution in [0.5, 0.6) is 17.2 Å². The number of imide groups is 2. The molecule has 2 aliphatic carbocycles. The SMILES string of the molecule is COc1cc([C@H]2C3=CC[C@@H]4C(=O)N(c5ccc(N6CCOCC6)cc5)C(=O)[C@@H]4[C@@H]3C[C@@]3(Cl)C(=O)N(c4c(F)c(F)c(F)c(F)c4F)C(=O)[C@@]23Cl)cc(OC)c1O. The number of phenolic OH excluding ortho intramolecular Hbond substituents is 1. The molecule has 18 heteroatoms. The molecule has 4 fully saturated rings. The normalized spacial score (nSPS) is 28.7. The minimum atomic E-state index is -2.77. The first kappa shape index (κ1) is 38.0. The van der Waals surface area contributed by atoms with Crippen molar-refractivity contribution in [3.8, 4) is 17.2 Å². The highest BCUT2D eigenvalue weighted by Gasteiger charge is 2.77. The number of ether oxygens (including phenoxy) is 3. The van der Waals surface area contributed by atoms with E-state index in [0.29, 0.717) is 26.3 Å². The molecule has 0 radical (unpaired) electrons. The van der Waals surface area contributed by atoms with Crippen molar-refractivity contribution in [2.75, 3.05) is 55.2 Å².